The van der Waals surface area contributed by atoms with E-state index in [2.05, 4.69) is 69.3 Å². The van der Waals surface area contributed by atoms with Crippen molar-refractivity contribution in [2.45, 2.75) is 25.8 Å². The van der Waals surface area contributed by atoms with Gasteiger partial charge in [-0.3, -0.25) is 4.90 Å². The van der Waals surface area contributed by atoms with Gasteiger partial charge in [0.05, 0.1) is 0 Å². The van der Waals surface area contributed by atoms with E-state index in [1.165, 1.54) is 38.2 Å². The smallest absolute Gasteiger partial charge is 0.0341 e. The minimum absolute atomic E-state index is 0.703. The first-order valence-corrected chi connectivity index (χ1v) is 8.40. The highest BCUT2D eigenvalue weighted by Crippen LogP contribution is 2.15. The minimum atomic E-state index is 0.703. The molecule has 1 aliphatic heterocycles. The molecule has 0 spiro atoms. The van der Waals surface area contributed by atoms with E-state index in [4.69, 9.17) is 0 Å². The third kappa shape index (κ3) is 4.76. The van der Waals surface area contributed by atoms with Crippen LogP contribution in [0, 0.1) is 0 Å². The Morgan fingerprint density at radius 2 is 2.00 bits per heavy atom. The molecule has 1 aromatic carbocycles. The van der Waals surface area contributed by atoms with Crippen molar-refractivity contribution in [3.63, 3.8) is 0 Å². The summed E-state index contributed by atoms with van der Waals surface area (Å²) in [6.07, 6.45) is 2.52. The Hall–Kier alpha value is -0.580. The highest BCUT2D eigenvalue weighted by molar-refractivity contribution is 9.10. The molecule has 0 saturated carbocycles. The third-order valence-corrected chi connectivity index (χ3v) is 4.60. The lowest BCUT2D eigenvalue weighted by Gasteiger charge is -2.30. The lowest BCUT2D eigenvalue weighted by molar-refractivity contribution is 0.190. The van der Waals surface area contributed by atoms with Gasteiger partial charge in [-0.05, 0) is 57.2 Å². The fraction of sp³-hybridized carbons (Fsp3) is 0.625. The standard InChI is InChI=1S/C16H26BrN3/c1-3-16-13-19(2)10-4-11-20(16)12-9-18-15-7-5-14(17)6-8-15/h5-8,16,18H,3-4,9-13H2,1-2H3. The maximum Gasteiger partial charge on any atom is 0.0341 e. The zero-order valence-electron chi connectivity index (χ0n) is 12.6. The molecule has 1 saturated heterocycles. The van der Waals surface area contributed by atoms with E-state index in [-0.39, 0.29) is 0 Å². The Kier molecular flexibility index (Phi) is 6.33. The molecule has 2 rings (SSSR count). The van der Waals surface area contributed by atoms with Crippen LogP contribution >= 0.6 is 15.9 Å². The Labute approximate surface area is 131 Å². The summed E-state index contributed by atoms with van der Waals surface area (Å²) in [5.41, 5.74) is 1.20. The van der Waals surface area contributed by atoms with E-state index >= 15 is 0 Å². The van der Waals surface area contributed by atoms with E-state index in [0.717, 1.165) is 17.6 Å². The molecule has 0 radical (unpaired) electrons. The number of hydrogen-bond acceptors (Lipinski definition) is 3. The second-order valence-electron chi connectivity index (χ2n) is 5.65. The van der Waals surface area contributed by atoms with Crippen molar-refractivity contribution in [3.05, 3.63) is 28.7 Å². The Balaban J connectivity index is 1.80. The molecule has 1 heterocycles. The van der Waals surface area contributed by atoms with Crippen LogP contribution in [0.25, 0.3) is 0 Å². The number of hydrogen-bond donors (Lipinski definition) is 1. The Bertz CT molecular complexity index is 393. The van der Waals surface area contributed by atoms with Gasteiger partial charge in [-0.1, -0.05) is 22.9 Å². The van der Waals surface area contributed by atoms with Gasteiger partial charge in [-0.2, -0.15) is 0 Å². The van der Waals surface area contributed by atoms with E-state index in [1.807, 2.05) is 0 Å². The highest BCUT2D eigenvalue weighted by atomic mass is 79.9. The first-order valence-electron chi connectivity index (χ1n) is 7.61. The summed E-state index contributed by atoms with van der Waals surface area (Å²) >= 11 is 3.47. The van der Waals surface area contributed by atoms with Gasteiger partial charge < -0.3 is 10.2 Å². The van der Waals surface area contributed by atoms with Crippen LogP contribution in [-0.2, 0) is 0 Å². The molecule has 1 aromatic rings. The lowest BCUT2D eigenvalue weighted by Crippen LogP contribution is -2.41. The van der Waals surface area contributed by atoms with Crippen molar-refractivity contribution in [3.8, 4) is 0 Å². The molecule has 0 aliphatic carbocycles. The van der Waals surface area contributed by atoms with Gasteiger partial charge in [0.15, 0.2) is 0 Å². The first kappa shape index (κ1) is 15.8. The molecule has 0 aromatic heterocycles. The fourth-order valence-corrected chi connectivity index (χ4v) is 3.15. The summed E-state index contributed by atoms with van der Waals surface area (Å²) in [7, 11) is 2.24. The molecular formula is C16H26BrN3. The van der Waals surface area contributed by atoms with Crippen LogP contribution < -0.4 is 5.32 Å². The average Bonchev–Trinajstić information content (AvgIpc) is 2.62. The minimum Gasteiger partial charge on any atom is -0.384 e. The summed E-state index contributed by atoms with van der Waals surface area (Å²) in [5, 5.41) is 3.52. The van der Waals surface area contributed by atoms with Crippen LogP contribution in [0.4, 0.5) is 5.69 Å². The van der Waals surface area contributed by atoms with Gasteiger partial charge in [0.2, 0.25) is 0 Å². The second kappa shape index (κ2) is 8.01. The van der Waals surface area contributed by atoms with Gasteiger partial charge in [0, 0.05) is 35.8 Å². The maximum atomic E-state index is 3.52. The zero-order chi connectivity index (χ0) is 14.4. The van der Waals surface area contributed by atoms with E-state index in [9.17, 15) is 0 Å². The molecule has 1 aliphatic rings. The van der Waals surface area contributed by atoms with E-state index in [0.29, 0.717) is 6.04 Å². The molecular weight excluding hydrogens is 314 g/mol. The molecule has 1 N–H and O–H groups in total. The highest BCUT2D eigenvalue weighted by Gasteiger charge is 2.21. The zero-order valence-corrected chi connectivity index (χ0v) is 14.2. The summed E-state index contributed by atoms with van der Waals surface area (Å²) < 4.78 is 1.13. The van der Waals surface area contributed by atoms with Crippen molar-refractivity contribution >= 4 is 21.6 Å². The van der Waals surface area contributed by atoms with Gasteiger partial charge in [-0.25, -0.2) is 0 Å². The monoisotopic (exact) mass is 339 g/mol. The summed E-state index contributed by atoms with van der Waals surface area (Å²) in [4.78, 5) is 5.12. The van der Waals surface area contributed by atoms with E-state index in [1.54, 1.807) is 0 Å². The lowest BCUT2D eigenvalue weighted by atomic mass is 10.2. The first-order chi connectivity index (χ1) is 9.69. The van der Waals surface area contributed by atoms with Gasteiger partial charge in [-0.15, -0.1) is 0 Å². The van der Waals surface area contributed by atoms with Crippen molar-refractivity contribution < 1.29 is 0 Å². The number of likely N-dealkylation sites (N-methyl/N-ethyl adjacent to an activating group) is 1. The average molecular weight is 340 g/mol. The molecule has 1 atom stereocenters. The number of halogens is 1. The summed E-state index contributed by atoms with van der Waals surface area (Å²) in [5.74, 6) is 0. The number of anilines is 1. The Morgan fingerprint density at radius 3 is 2.70 bits per heavy atom. The Morgan fingerprint density at radius 1 is 1.25 bits per heavy atom. The largest absolute Gasteiger partial charge is 0.384 e. The third-order valence-electron chi connectivity index (χ3n) is 4.07. The van der Waals surface area contributed by atoms with Crippen molar-refractivity contribution in [1.29, 1.82) is 0 Å². The number of nitrogens with one attached hydrogen (secondary N) is 1. The SMILES string of the molecule is CCC1CN(C)CCCN1CCNc1ccc(Br)cc1. The number of nitrogens with zero attached hydrogens (tertiary/aromatic N) is 2. The molecule has 112 valence electrons. The summed E-state index contributed by atoms with van der Waals surface area (Å²) in [6, 6.07) is 9.11. The van der Waals surface area contributed by atoms with Crippen LogP contribution in [0.2, 0.25) is 0 Å². The molecule has 1 unspecified atom stereocenters. The summed E-state index contributed by atoms with van der Waals surface area (Å²) in [6.45, 7) is 8.11. The molecule has 0 amide bonds. The van der Waals surface area contributed by atoms with Crippen LogP contribution in [0.3, 0.4) is 0 Å². The normalized spacial score (nSPS) is 21.6. The van der Waals surface area contributed by atoms with Crippen LogP contribution in [0.15, 0.2) is 28.7 Å². The quantitative estimate of drug-likeness (QED) is 0.888. The molecule has 20 heavy (non-hydrogen) atoms. The number of rotatable bonds is 5. The van der Waals surface area contributed by atoms with Crippen molar-refractivity contribution in [1.82, 2.24) is 9.80 Å². The van der Waals surface area contributed by atoms with Crippen LogP contribution in [0.5, 0.6) is 0 Å². The van der Waals surface area contributed by atoms with Crippen molar-refractivity contribution in [2.75, 3.05) is 45.1 Å². The van der Waals surface area contributed by atoms with Gasteiger partial charge in [0.1, 0.15) is 0 Å². The second-order valence-corrected chi connectivity index (χ2v) is 6.56. The molecule has 1 fully saturated rings. The van der Waals surface area contributed by atoms with Crippen molar-refractivity contribution in [2.24, 2.45) is 0 Å². The molecule has 4 heteroatoms. The maximum absolute atomic E-state index is 3.52. The predicted octanol–water partition coefficient (Wildman–Crippen LogP) is 3.28. The molecule has 3 nitrogen and oxygen atoms in total. The van der Waals surface area contributed by atoms with Gasteiger partial charge >= 0.3 is 0 Å². The number of benzene rings is 1. The topological polar surface area (TPSA) is 18.5 Å². The van der Waals surface area contributed by atoms with E-state index < -0.39 is 0 Å². The van der Waals surface area contributed by atoms with Crippen LogP contribution in [-0.4, -0.2) is 55.6 Å². The molecule has 0 bridgehead atoms. The fourth-order valence-electron chi connectivity index (χ4n) is 2.89. The predicted molar refractivity (Wildman–Crippen MR) is 90.4 cm³/mol. The van der Waals surface area contributed by atoms with Gasteiger partial charge in [0.25, 0.3) is 0 Å². The van der Waals surface area contributed by atoms with Crippen LogP contribution in [0.1, 0.15) is 19.8 Å².